The summed E-state index contributed by atoms with van der Waals surface area (Å²) in [5, 5.41) is 0. The molecule has 1 aromatic carbocycles. The van der Waals surface area contributed by atoms with Crippen molar-refractivity contribution >= 4 is 0 Å². The first-order chi connectivity index (χ1) is 9.71. The first kappa shape index (κ1) is 14.5. The molecule has 0 saturated carbocycles. The van der Waals surface area contributed by atoms with Gasteiger partial charge in [-0.05, 0) is 23.8 Å². The number of hydrogen-bond acceptors (Lipinski definition) is 4. The number of benzene rings is 1. The second-order valence-electron chi connectivity index (χ2n) is 4.47. The van der Waals surface area contributed by atoms with Gasteiger partial charge in [-0.25, -0.2) is 0 Å². The fraction of sp³-hybridized carbons (Fsp3) is 0.375. The molecular formula is C16H20O4. The predicted molar refractivity (Wildman–Crippen MR) is 76.5 cm³/mol. The van der Waals surface area contributed by atoms with Crippen LogP contribution in [0.1, 0.15) is 12.0 Å². The highest BCUT2D eigenvalue weighted by Gasteiger charge is 2.41. The first-order valence-electron chi connectivity index (χ1n) is 6.40. The van der Waals surface area contributed by atoms with Crippen LogP contribution < -0.4 is 4.74 Å². The van der Waals surface area contributed by atoms with Crippen molar-refractivity contribution < 1.29 is 18.9 Å². The Morgan fingerprint density at radius 3 is 2.10 bits per heavy atom. The van der Waals surface area contributed by atoms with Crippen LogP contribution >= 0.6 is 0 Å². The highest BCUT2D eigenvalue weighted by Crippen LogP contribution is 2.42. The van der Waals surface area contributed by atoms with Gasteiger partial charge in [0.1, 0.15) is 5.75 Å². The fourth-order valence-electron chi connectivity index (χ4n) is 2.53. The Morgan fingerprint density at radius 2 is 1.60 bits per heavy atom. The van der Waals surface area contributed by atoms with Gasteiger partial charge in [0.05, 0.1) is 21.3 Å². The molecule has 0 fully saturated rings. The molecule has 2 rings (SSSR count). The lowest BCUT2D eigenvalue weighted by atomic mass is 9.84. The van der Waals surface area contributed by atoms with Gasteiger partial charge in [0.25, 0.3) is 0 Å². The molecule has 0 spiro atoms. The van der Waals surface area contributed by atoms with Gasteiger partial charge in [0.15, 0.2) is 17.1 Å². The van der Waals surface area contributed by atoms with Gasteiger partial charge in [-0.15, -0.1) is 0 Å². The Hall–Kier alpha value is -1.94. The molecular weight excluding hydrogens is 256 g/mol. The molecule has 0 radical (unpaired) electrons. The van der Waals surface area contributed by atoms with Gasteiger partial charge in [0.2, 0.25) is 0 Å². The summed E-state index contributed by atoms with van der Waals surface area (Å²) in [6.45, 7) is 0. The molecule has 1 aromatic rings. The van der Waals surface area contributed by atoms with Gasteiger partial charge < -0.3 is 18.9 Å². The Bertz CT molecular complexity index is 516. The molecule has 0 saturated heterocycles. The molecule has 0 aliphatic heterocycles. The number of ether oxygens (including phenoxy) is 4. The van der Waals surface area contributed by atoms with E-state index in [9.17, 15) is 0 Å². The monoisotopic (exact) mass is 276 g/mol. The van der Waals surface area contributed by atoms with E-state index in [2.05, 4.69) is 0 Å². The molecule has 4 heteroatoms. The molecule has 0 aromatic heterocycles. The van der Waals surface area contributed by atoms with E-state index in [1.165, 1.54) is 0 Å². The van der Waals surface area contributed by atoms with Crippen molar-refractivity contribution in [1.82, 2.24) is 0 Å². The molecule has 0 heterocycles. The van der Waals surface area contributed by atoms with E-state index in [1.54, 1.807) is 28.4 Å². The van der Waals surface area contributed by atoms with Crippen LogP contribution in [0.5, 0.6) is 5.75 Å². The number of methoxy groups -OCH3 is 4. The average molecular weight is 276 g/mol. The summed E-state index contributed by atoms with van der Waals surface area (Å²) >= 11 is 0. The minimum absolute atomic E-state index is 0.666. The van der Waals surface area contributed by atoms with Crippen molar-refractivity contribution in [2.45, 2.75) is 12.0 Å². The smallest absolute Gasteiger partial charge is 0.174 e. The standard InChI is InChI=1S/C16H20O4/c1-17-13-9-7-12(8-10-13)16(20-4)11-5-6-14(18-2)15(16)19-3/h5-10H,11H2,1-4H3. The number of hydrogen-bond donors (Lipinski definition) is 0. The molecule has 0 N–H and O–H groups in total. The van der Waals surface area contributed by atoms with Crippen molar-refractivity contribution in [3.8, 4) is 5.75 Å². The molecule has 108 valence electrons. The van der Waals surface area contributed by atoms with E-state index in [0.29, 0.717) is 17.9 Å². The van der Waals surface area contributed by atoms with Crippen LogP contribution in [0.25, 0.3) is 0 Å². The van der Waals surface area contributed by atoms with Gasteiger partial charge in [0, 0.05) is 13.5 Å². The molecule has 1 aliphatic carbocycles. The molecule has 20 heavy (non-hydrogen) atoms. The first-order valence-corrected chi connectivity index (χ1v) is 6.40. The van der Waals surface area contributed by atoms with Crippen LogP contribution in [0.4, 0.5) is 0 Å². The van der Waals surface area contributed by atoms with Crippen molar-refractivity contribution in [2.24, 2.45) is 0 Å². The normalized spacial score (nSPS) is 21.8. The summed E-state index contributed by atoms with van der Waals surface area (Å²) in [7, 11) is 6.58. The fourth-order valence-corrected chi connectivity index (χ4v) is 2.53. The maximum absolute atomic E-state index is 5.82. The van der Waals surface area contributed by atoms with Crippen LogP contribution in [-0.4, -0.2) is 28.4 Å². The summed E-state index contributed by atoms with van der Waals surface area (Å²) in [6.07, 6.45) is 4.61. The maximum Gasteiger partial charge on any atom is 0.174 e. The van der Waals surface area contributed by atoms with Gasteiger partial charge >= 0.3 is 0 Å². The van der Waals surface area contributed by atoms with E-state index < -0.39 is 5.60 Å². The third kappa shape index (κ3) is 2.27. The van der Waals surface area contributed by atoms with Crippen LogP contribution in [0, 0.1) is 0 Å². The maximum atomic E-state index is 5.82. The Kier molecular flexibility index (Phi) is 4.35. The molecule has 1 atom stereocenters. The number of allylic oxidation sites excluding steroid dienone is 1. The predicted octanol–water partition coefficient (Wildman–Crippen LogP) is 3.00. The second kappa shape index (κ2) is 6.01. The zero-order chi connectivity index (χ0) is 14.6. The average Bonchev–Trinajstić information content (AvgIpc) is 2.53. The topological polar surface area (TPSA) is 36.9 Å². The molecule has 0 amide bonds. The molecule has 4 nitrogen and oxygen atoms in total. The lowest BCUT2D eigenvalue weighted by Gasteiger charge is -2.36. The SMILES string of the molecule is COC1=C(OC)C(OC)(c2ccc(OC)cc2)CC=C1. The largest absolute Gasteiger partial charge is 0.497 e. The third-order valence-electron chi connectivity index (χ3n) is 3.59. The van der Waals surface area contributed by atoms with E-state index >= 15 is 0 Å². The van der Waals surface area contributed by atoms with Crippen molar-refractivity contribution in [2.75, 3.05) is 28.4 Å². The van der Waals surface area contributed by atoms with E-state index in [0.717, 1.165) is 11.3 Å². The van der Waals surface area contributed by atoms with Gasteiger partial charge in [-0.1, -0.05) is 18.2 Å². The zero-order valence-electron chi connectivity index (χ0n) is 12.3. The lowest BCUT2D eigenvalue weighted by molar-refractivity contribution is -0.0303. The quantitative estimate of drug-likeness (QED) is 0.828. The highest BCUT2D eigenvalue weighted by molar-refractivity contribution is 5.41. The van der Waals surface area contributed by atoms with E-state index in [1.807, 2.05) is 36.4 Å². The second-order valence-corrected chi connectivity index (χ2v) is 4.47. The van der Waals surface area contributed by atoms with Crippen molar-refractivity contribution in [1.29, 1.82) is 0 Å². The summed E-state index contributed by atoms with van der Waals surface area (Å²) in [5.41, 5.74) is 0.331. The summed E-state index contributed by atoms with van der Waals surface area (Å²) in [4.78, 5) is 0. The minimum atomic E-state index is -0.666. The highest BCUT2D eigenvalue weighted by atomic mass is 16.5. The molecule has 1 aliphatic rings. The van der Waals surface area contributed by atoms with E-state index in [-0.39, 0.29) is 0 Å². The van der Waals surface area contributed by atoms with Crippen LogP contribution in [-0.2, 0) is 19.8 Å². The Morgan fingerprint density at radius 1 is 0.900 bits per heavy atom. The Labute approximate surface area is 119 Å². The van der Waals surface area contributed by atoms with Gasteiger partial charge in [-0.3, -0.25) is 0 Å². The molecule has 0 bridgehead atoms. The molecule has 1 unspecified atom stereocenters. The minimum Gasteiger partial charge on any atom is -0.497 e. The number of rotatable bonds is 5. The van der Waals surface area contributed by atoms with Crippen LogP contribution in [0.2, 0.25) is 0 Å². The third-order valence-corrected chi connectivity index (χ3v) is 3.59. The summed E-state index contributed by atoms with van der Waals surface area (Å²) < 4.78 is 22.0. The van der Waals surface area contributed by atoms with Gasteiger partial charge in [-0.2, -0.15) is 0 Å². The zero-order valence-corrected chi connectivity index (χ0v) is 12.3. The lowest BCUT2D eigenvalue weighted by Crippen LogP contribution is -2.34. The van der Waals surface area contributed by atoms with E-state index in [4.69, 9.17) is 18.9 Å². The van der Waals surface area contributed by atoms with Crippen molar-refractivity contribution in [3.05, 3.63) is 53.5 Å². The van der Waals surface area contributed by atoms with Crippen molar-refractivity contribution in [3.63, 3.8) is 0 Å². The van der Waals surface area contributed by atoms with Crippen LogP contribution in [0.3, 0.4) is 0 Å². The summed E-state index contributed by atoms with van der Waals surface area (Å²) in [6, 6.07) is 7.78. The summed E-state index contributed by atoms with van der Waals surface area (Å²) in [5.74, 6) is 2.16. The Balaban J connectivity index is 2.52. The van der Waals surface area contributed by atoms with Crippen LogP contribution in [0.15, 0.2) is 47.9 Å².